The Bertz CT molecular complexity index is 947. The first-order chi connectivity index (χ1) is 13.7. The van der Waals surface area contributed by atoms with Gasteiger partial charge in [0.2, 0.25) is 0 Å². The van der Waals surface area contributed by atoms with Crippen LogP contribution in [0, 0.1) is 5.92 Å². The van der Waals surface area contributed by atoms with Gasteiger partial charge in [-0.25, -0.2) is 0 Å². The van der Waals surface area contributed by atoms with Crippen molar-refractivity contribution in [1.82, 2.24) is 0 Å². The van der Waals surface area contributed by atoms with E-state index in [9.17, 15) is 4.79 Å². The van der Waals surface area contributed by atoms with Crippen molar-refractivity contribution in [3.05, 3.63) is 101 Å². The average molecular weight is 372 g/mol. The molecule has 142 valence electrons. The molecule has 0 heterocycles. The maximum absolute atomic E-state index is 13.2. The molecule has 0 aromatic heterocycles. The van der Waals surface area contributed by atoms with Crippen LogP contribution in [0.25, 0.3) is 0 Å². The van der Waals surface area contributed by atoms with E-state index in [1.165, 1.54) is 11.1 Å². The number of rotatable bonds is 5. The SMILES string of the molecule is CCOC(=O)C1C(c2ccccc2)c2ccccc2C1c1ccc(OC)cc1. The number of hydrogen-bond donors (Lipinski definition) is 0. The van der Waals surface area contributed by atoms with Gasteiger partial charge in [-0.3, -0.25) is 4.79 Å². The van der Waals surface area contributed by atoms with Crippen LogP contribution in [0.2, 0.25) is 0 Å². The second kappa shape index (κ2) is 7.89. The topological polar surface area (TPSA) is 35.5 Å². The van der Waals surface area contributed by atoms with Crippen molar-refractivity contribution in [2.75, 3.05) is 13.7 Å². The van der Waals surface area contributed by atoms with Crippen LogP contribution in [-0.2, 0) is 9.53 Å². The Hall–Kier alpha value is -3.07. The summed E-state index contributed by atoms with van der Waals surface area (Å²) in [4.78, 5) is 13.2. The van der Waals surface area contributed by atoms with E-state index in [0.29, 0.717) is 6.61 Å². The molecule has 3 heteroatoms. The quantitative estimate of drug-likeness (QED) is 0.581. The van der Waals surface area contributed by atoms with Crippen molar-refractivity contribution < 1.29 is 14.3 Å². The summed E-state index contributed by atoms with van der Waals surface area (Å²) in [6.07, 6.45) is 0. The van der Waals surface area contributed by atoms with E-state index in [1.807, 2.05) is 49.4 Å². The van der Waals surface area contributed by atoms with Gasteiger partial charge in [-0.15, -0.1) is 0 Å². The van der Waals surface area contributed by atoms with Gasteiger partial charge < -0.3 is 9.47 Å². The second-order valence-electron chi connectivity index (χ2n) is 7.05. The Labute approximate surface area is 165 Å². The lowest BCUT2D eigenvalue weighted by molar-refractivity contribution is -0.148. The zero-order valence-electron chi connectivity index (χ0n) is 16.2. The molecule has 3 nitrogen and oxygen atoms in total. The number of carbonyl (C=O) groups is 1. The molecule has 4 rings (SSSR count). The van der Waals surface area contributed by atoms with Gasteiger partial charge in [0.15, 0.2) is 0 Å². The maximum atomic E-state index is 13.2. The molecule has 3 unspecified atom stereocenters. The van der Waals surface area contributed by atoms with E-state index in [0.717, 1.165) is 16.9 Å². The van der Waals surface area contributed by atoms with Crippen LogP contribution in [-0.4, -0.2) is 19.7 Å². The van der Waals surface area contributed by atoms with Crippen molar-refractivity contribution in [1.29, 1.82) is 0 Å². The van der Waals surface area contributed by atoms with Crippen molar-refractivity contribution in [2.45, 2.75) is 18.8 Å². The van der Waals surface area contributed by atoms with Crippen LogP contribution in [0.4, 0.5) is 0 Å². The molecule has 3 aromatic carbocycles. The van der Waals surface area contributed by atoms with Gasteiger partial charge in [0.25, 0.3) is 0 Å². The van der Waals surface area contributed by atoms with Gasteiger partial charge in [-0.05, 0) is 41.3 Å². The van der Waals surface area contributed by atoms with E-state index in [4.69, 9.17) is 9.47 Å². The fourth-order valence-electron chi connectivity index (χ4n) is 4.41. The highest BCUT2D eigenvalue weighted by atomic mass is 16.5. The Morgan fingerprint density at radius 1 is 0.786 bits per heavy atom. The lowest BCUT2D eigenvalue weighted by atomic mass is 9.79. The van der Waals surface area contributed by atoms with Crippen LogP contribution in [0.5, 0.6) is 5.75 Å². The van der Waals surface area contributed by atoms with Crippen LogP contribution < -0.4 is 4.74 Å². The smallest absolute Gasteiger partial charge is 0.310 e. The number of ether oxygens (including phenoxy) is 2. The normalized spacial score (nSPS) is 20.4. The molecule has 0 bridgehead atoms. The summed E-state index contributed by atoms with van der Waals surface area (Å²) < 4.78 is 10.9. The Balaban J connectivity index is 1.88. The molecule has 0 saturated carbocycles. The summed E-state index contributed by atoms with van der Waals surface area (Å²) in [5.74, 6) is 0.291. The first-order valence-electron chi connectivity index (χ1n) is 9.69. The molecule has 28 heavy (non-hydrogen) atoms. The first-order valence-corrected chi connectivity index (χ1v) is 9.69. The molecule has 1 aliphatic carbocycles. The maximum Gasteiger partial charge on any atom is 0.310 e. The molecule has 3 atom stereocenters. The van der Waals surface area contributed by atoms with Crippen LogP contribution in [0.3, 0.4) is 0 Å². The highest BCUT2D eigenvalue weighted by Gasteiger charge is 2.46. The van der Waals surface area contributed by atoms with Gasteiger partial charge in [0.05, 0.1) is 19.6 Å². The Morgan fingerprint density at radius 2 is 1.32 bits per heavy atom. The molecule has 0 N–H and O–H groups in total. The van der Waals surface area contributed by atoms with Crippen LogP contribution in [0.15, 0.2) is 78.9 Å². The second-order valence-corrected chi connectivity index (χ2v) is 7.05. The minimum atomic E-state index is -0.298. The lowest BCUT2D eigenvalue weighted by Gasteiger charge is -2.25. The molecular formula is C25H24O3. The predicted molar refractivity (Wildman–Crippen MR) is 110 cm³/mol. The van der Waals surface area contributed by atoms with Crippen molar-refractivity contribution in [2.24, 2.45) is 5.92 Å². The molecule has 0 aliphatic heterocycles. The number of carbonyl (C=O) groups excluding carboxylic acids is 1. The summed E-state index contributed by atoms with van der Waals surface area (Å²) in [7, 11) is 1.66. The number of esters is 1. The van der Waals surface area contributed by atoms with Gasteiger partial charge >= 0.3 is 5.97 Å². The summed E-state index contributed by atoms with van der Waals surface area (Å²) in [5.41, 5.74) is 4.64. The highest BCUT2D eigenvalue weighted by Crippen LogP contribution is 2.52. The Kier molecular flexibility index (Phi) is 5.16. The molecule has 0 amide bonds. The van der Waals surface area contributed by atoms with E-state index in [1.54, 1.807) is 7.11 Å². The van der Waals surface area contributed by atoms with Crippen LogP contribution >= 0.6 is 0 Å². The minimum Gasteiger partial charge on any atom is -0.497 e. The molecule has 0 saturated heterocycles. The fraction of sp³-hybridized carbons (Fsp3) is 0.240. The number of benzene rings is 3. The fourth-order valence-corrected chi connectivity index (χ4v) is 4.41. The predicted octanol–water partition coefficient (Wildman–Crippen LogP) is 5.15. The molecule has 0 spiro atoms. The van der Waals surface area contributed by atoms with Crippen LogP contribution in [0.1, 0.15) is 41.0 Å². The summed E-state index contributed by atoms with van der Waals surface area (Å²) in [6.45, 7) is 2.24. The largest absolute Gasteiger partial charge is 0.497 e. The summed E-state index contributed by atoms with van der Waals surface area (Å²) >= 11 is 0. The monoisotopic (exact) mass is 372 g/mol. The minimum absolute atomic E-state index is 0.0245. The Morgan fingerprint density at radius 3 is 1.86 bits per heavy atom. The lowest BCUT2D eigenvalue weighted by Crippen LogP contribution is -2.26. The standard InChI is InChI=1S/C25H24O3/c1-3-28-25(26)24-22(17-9-5-4-6-10-17)20-11-7-8-12-21(20)23(24)18-13-15-19(27-2)16-14-18/h4-16,22-24H,3H2,1-2H3. The van der Waals surface area contributed by atoms with Crippen molar-refractivity contribution in [3.8, 4) is 5.75 Å². The van der Waals surface area contributed by atoms with E-state index < -0.39 is 0 Å². The molecule has 1 aliphatic rings. The molecule has 3 aromatic rings. The number of fused-ring (bicyclic) bond motifs is 1. The van der Waals surface area contributed by atoms with Gasteiger partial charge in [0, 0.05) is 11.8 Å². The molecular weight excluding hydrogens is 348 g/mol. The van der Waals surface area contributed by atoms with E-state index in [-0.39, 0.29) is 23.7 Å². The third-order valence-electron chi connectivity index (χ3n) is 5.58. The summed E-state index contributed by atoms with van der Waals surface area (Å²) in [5, 5.41) is 0. The van der Waals surface area contributed by atoms with Crippen molar-refractivity contribution in [3.63, 3.8) is 0 Å². The number of methoxy groups -OCH3 is 1. The molecule has 0 fully saturated rings. The molecule has 0 radical (unpaired) electrons. The number of hydrogen-bond acceptors (Lipinski definition) is 3. The van der Waals surface area contributed by atoms with Crippen molar-refractivity contribution >= 4 is 5.97 Å². The zero-order chi connectivity index (χ0) is 19.5. The highest BCUT2D eigenvalue weighted by molar-refractivity contribution is 5.79. The first kappa shape index (κ1) is 18.3. The zero-order valence-corrected chi connectivity index (χ0v) is 16.2. The van der Waals surface area contributed by atoms with E-state index in [2.05, 4.69) is 36.4 Å². The summed E-state index contributed by atoms with van der Waals surface area (Å²) in [6, 6.07) is 26.7. The van der Waals surface area contributed by atoms with E-state index >= 15 is 0 Å². The third kappa shape index (κ3) is 3.18. The van der Waals surface area contributed by atoms with Gasteiger partial charge in [0.1, 0.15) is 5.75 Å². The van der Waals surface area contributed by atoms with Gasteiger partial charge in [-0.2, -0.15) is 0 Å². The van der Waals surface area contributed by atoms with Gasteiger partial charge in [-0.1, -0.05) is 66.7 Å². The third-order valence-corrected chi connectivity index (χ3v) is 5.58. The average Bonchev–Trinajstić information content (AvgIpc) is 3.10.